The topological polar surface area (TPSA) is 15.3 Å². The van der Waals surface area contributed by atoms with Crippen LogP contribution in [0.3, 0.4) is 0 Å². The monoisotopic (exact) mass is 272 g/mol. The van der Waals surface area contributed by atoms with Gasteiger partial charge in [0.2, 0.25) is 0 Å². The zero-order valence-electron chi connectivity index (χ0n) is 13.1. The molecule has 0 aromatic carbocycles. The summed E-state index contributed by atoms with van der Waals surface area (Å²) in [5, 5.41) is 3.64. The highest BCUT2D eigenvalue weighted by molar-refractivity contribution is 8.00. The molecule has 0 spiro atoms. The minimum absolute atomic E-state index is 0.394. The van der Waals surface area contributed by atoms with E-state index in [1.807, 2.05) is 0 Å². The van der Waals surface area contributed by atoms with Crippen LogP contribution >= 0.6 is 11.8 Å². The number of nitrogens with zero attached hydrogens (tertiary/aromatic N) is 1. The van der Waals surface area contributed by atoms with E-state index in [1.54, 1.807) is 0 Å². The first kappa shape index (κ1) is 16.3. The first-order valence-electron chi connectivity index (χ1n) is 7.45. The van der Waals surface area contributed by atoms with Gasteiger partial charge >= 0.3 is 0 Å². The fourth-order valence-corrected chi connectivity index (χ4v) is 3.50. The van der Waals surface area contributed by atoms with Crippen LogP contribution in [0.25, 0.3) is 0 Å². The van der Waals surface area contributed by atoms with Crippen LogP contribution in [-0.4, -0.2) is 47.1 Å². The molecule has 1 heterocycles. The van der Waals surface area contributed by atoms with Crippen LogP contribution in [0.2, 0.25) is 0 Å². The lowest BCUT2D eigenvalue weighted by Crippen LogP contribution is -2.58. The van der Waals surface area contributed by atoms with Crippen LogP contribution in [0.15, 0.2) is 0 Å². The normalized spacial score (nSPS) is 28.3. The molecule has 1 aliphatic rings. The largest absolute Gasteiger partial charge is 0.311 e. The van der Waals surface area contributed by atoms with Gasteiger partial charge < -0.3 is 5.32 Å². The molecule has 0 bridgehead atoms. The summed E-state index contributed by atoms with van der Waals surface area (Å²) < 4.78 is 0.394. The molecule has 2 nitrogen and oxygen atoms in total. The number of rotatable bonds is 5. The van der Waals surface area contributed by atoms with Gasteiger partial charge in [-0.3, -0.25) is 4.90 Å². The summed E-state index contributed by atoms with van der Waals surface area (Å²) in [5.41, 5.74) is 0. The molecule has 1 saturated heterocycles. The highest BCUT2D eigenvalue weighted by Crippen LogP contribution is 2.24. The van der Waals surface area contributed by atoms with E-state index in [-0.39, 0.29) is 0 Å². The predicted octanol–water partition coefficient (Wildman–Crippen LogP) is 3.23. The highest BCUT2D eigenvalue weighted by atomic mass is 32.2. The van der Waals surface area contributed by atoms with Crippen molar-refractivity contribution in [3.05, 3.63) is 0 Å². The SMILES string of the molecule is CCC(C)C1CNC(C)CN1CCSC(C)(C)C. The fraction of sp³-hybridized carbons (Fsp3) is 1.00. The maximum absolute atomic E-state index is 3.64. The maximum atomic E-state index is 3.64. The van der Waals surface area contributed by atoms with Crippen LogP contribution in [0.5, 0.6) is 0 Å². The van der Waals surface area contributed by atoms with Crippen molar-refractivity contribution in [2.24, 2.45) is 5.92 Å². The molecule has 0 amide bonds. The average molecular weight is 273 g/mol. The quantitative estimate of drug-likeness (QED) is 0.827. The van der Waals surface area contributed by atoms with E-state index in [9.17, 15) is 0 Å². The van der Waals surface area contributed by atoms with Crippen LogP contribution < -0.4 is 5.32 Å². The van der Waals surface area contributed by atoms with Crippen molar-refractivity contribution >= 4 is 11.8 Å². The standard InChI is InChI=1S/C15H32N2S/c1-7-12(2)14-10-16-13(3)11-17(14)8-9-18-15(4,5)6/h12-14,16H,7-11H2,1-6H3. The summed E-state index contributed by atoms with van der Waals surface area (Å²) in [6.07, 6.45) is 1.28. The molecule has 1 N–H and O–H groups in total. The summed E-state index contributed by atoms with van der Waals surface area (Å²) in [6.45, 7) is 17.5. The molecule has 18 heavy (non-hydrogen) atoms. The van der Waals surface area contributed by atoms with Gasteiger partial charge in [0, 0.05) is 42.2 Å². The Morgan fingerprint density at radius 3 is 2.61 bits per heavy atom. The molecule has 0 aromatic rings. The van der Waals surface area contributed by atoms with Gasteiger partial charge in [-0.25, -0.2) is 0 Å². The molecular formula is C15H32N2S. The first-order valence-corrected chi connectivity index (χ1v) is 8.43. The molecule has 3 unspecified atom stereocenters. The summed E-state index contributed by atoms with van der Waals surface area (Å²) in [5.74, 6) is 2.05. The molecule has 0 aromatic heterocycles. The van der Waals surface area contributed by atoms with Crippen molar-refractivity contribution in [2.45, 2.75) is 64.8 Å². The Kier molecular flexibility index (Phi) is 6.49. The van der Waals surface area contributed by atoms with E-state index in [0.717, 1.165) is 18.5 Å². The number of nitrogens with one attached hydrogen (secondary N) is 1. The summed E-state index contributed by atoms with van der Waals surface area (Å²) in [4.78, 5) is 2.72. The summed E-state index contributed by atoms with van der Waals surface area (Å²) in [7, 11) is 0. The van der Waals surface area contributed by atoms with Crippen LogP contribution in [-0.2, 0) is 0 Å². The van der Waals surface area contributed by atoms with Crippen molar-refractivity contribution in [1.82, 2.24) is 10.2 Å². The van der Waals surface area contributed by atoms with E-state index >= 15 is 0 Å². The van der Waals surface area contributed by atoms with E-state index in [0.29, 0.717) is 10.8 Å². The van der Waals surface area contributed by atoms with Crippen LogP contribution in [0.1, 0.15) is 48.0 Å². The van der Waals surface area contributed by atoms with Crippen LogP contribution in [0, 0.1) is 5.92 Å². The Labute approximate surface area is 118 Å². The summed E-state index contributed by atoms with van der Waals surface area (Å²) in [6, 6.07) is 1.37. The molecule has 0 aliphatic carbocycles. The van der Waals surface area contributed by atoms with Crippen molar-refractivity contribution in [3.63, 3.8) is 0 Å². The third-order valence-electron chi connectivity index (χ3n) is 3.87. The fourth-order valence-electron chi connectivity index (χ4n) is 2.56. The van der Waals surface area contributed by atoms with E-state index in [1.165, 1.54) is 25.3 Å². The van der Waals surface area contributed by atoms with Crippen LogP contribution in [0.4, 0.5) is 0 Å². The number of hydrogen-bond acceptors (Lipinski definition) is 3. The van der Waals surface area contributed by atoms with Crippen molar-refractivity contribution < 1.29 is 0 Å². The van der Waals surface area contributed by atoms with Gasteiger partial charge in [0.1, 0.15) is 0 Å². The Morgan fingerprint density at radius 1 is 1.39 bits per heavy atom. The molecular weight excluding hydrogens is 240 g/mol. The van der Waals surface area contributed by atoms with Gasteiger partial charge in [0.25, 0.3) is 0 Å². The third kappa shape index (κ3) is 5.50. The number of thioether (sulfide) groups is 1. The molecule has 108 valence electrons. The Balaban J connectivity index is 2.46. The average Bonchev–Trinajstić information content (AvgIpc) is 2.26. The van der Waals surface area contributed by atoms with Gasteiger partial charge in [-0.1, -0.05) is 41.0 Å². The van der Waals surface area contributed by atoms with E-state index in [2.05, 4.69) is 63.5 Å². The maximum Gasteiger partial charge on any atom is 0.0247 e. The smallest absolute Gasteiger partial charge is 0.0247 e. The number of piperazine rings is 1. The molecule has 1 fully saturated rings. The van der Waals surface area contributed by atoms with Gasteiger partial charge in [-0.15, -0.1) is 0 Å². The van der Waals surface area contributed by atoms with Crippen molar-refractivity contribution in [1.29, 1.82) is 0 Å². The lowest BCUT2D eigenvalue weighted by Gasteiger charge is -2.42. The zero-order valence-corrected chi connectivity index (χ0v) is 13.9. The summed E-state index contributed by atoms with van der Waals surface area (Å²) >= 11 is 2.09. The molecule has 1 rings (SSSR count). The van der Waals surface area contributed by atoms with Gasteiger partial charge in [-0.2, -0.15) is 11.8 Å². The molecule has 3 heteroatoms. The molecule has 3 atom stereocenters. The van der Waals surface area contributed by atoms with Gasteiger partial charge in [-0.05, 0) is 12.8 Å². The second kappa shape index (κ2) is 7.16. The third-order valence-corrected chi connectivity index (χ3v) is 5.12. The van der Waals surface area contributed by atoms with Gasteiger partial charge in [0.05, 0.1) is 0 Å². The molecule has 1 aliphatic heterocycles. The van der Waals surface area contributed by atoms with Crippen molar-refractivity contribution in [2.75, 3.05) is 25.4 Å². The number of hydrogen-bond donors (Lipinski definition) is 1. The Bertz CT molecular complexity index is 237. The Hall–Kier alpha value is 0.270. The minimum Gasteiger partial charge on any atom is -0.311 e. The predicted molar refractivity (Wildman–Crippen MR) is 84.5 cm³/mol. The molecule has 0 radical (unpaired) electrons. The first-order chi connectivity index (χ1) is 8.33. The highest BCUT2D eigenvalue weighted by Gasteiger charge is 2.28. The van der Waals surface area contributed by atoms with E-state index in [4.69, 9.17) is 0 Å². The van der Waals surface area contributed by atoms with Crippen molar-refractivity contribution in [3.8, 4) is 0 Å². The Morgan fingerprint density at radius 2 is 2.06 bits per heavy atom. The van der Waals surface area contributed by atoms with E-state index < -0.39 is 0 Å². The second-order valence-electron chi connectivity index (χ2n) is 6.72. The lowest BCUT2D eigenvalue weighted by molar-refractivity contribution is 0.103. The molecule has 0 saturated carbocycles. The zero-order chi connectivity index (χ0) is 13.8. The van der Waals surface area contributed by atoms with Gasteiger partial charge in [0.15, 0.2) is 0 Å². The minimum atomic E-state index is 0.394. The lowest BCUT2D eigenvalue weighted by atomic mass is 9.95. The second-order valence-corrected chi connectivity index (χ2v) is 8.64.